The van der Waals surface area contributed by atoms with Gasteiger partial charge in [0.25, 0.3) is 5.56 Å². The van der Waals surface area contributed by atoms with Crippen LogP contribution in [-0.2, 0) is 37.8 Å². The zero-order chi connectivity index (χ0) is 53.1. The van der Waals surface area contributed by atoms with Gasteiger partial charge in [-0.1, -0.05) is 103 Å². The first-order valence-electron chi connectivity index (χ1n) is 24.5. The van der Waals surface area contributed by atoms with Gasteiger partial charge in [0.15, 0.2) is 5.16 Å². The highest BCUT2D eigenvalue weighted by Crippen LogP contribution is 2.57. The lowest BCUT2D eigenvalue weighted by Crippen LogP contribution is -2.67. The number of alkyl halides is 3. The first-order valence-corrected chi connectivity index (χ1v) is 25.5. The maximum absolute atomic E-state index is 16.6. The number of aromatic nitrogens is 2. The lowest BCUT2D eigenvalue weighted by molar-refractivity contribution is -0.137. The number of carbonyl (C=O) groups is 1. The Morgan fingerprint density at radius 3 is 1.49 bits per heavy atom. The van der Waals surface area contributed by atoms with Crippen molar-refractivity contribution in [3.63, 3.8) is 0 Å². The number of fused-ring (bicyclic) bond motifs is 1. The third-order valence-electron chi connectivity index (χ3n) is 17.3. The highest BCUT2D eigenvalue weighted by Gasteiger charge is 2.60. The highest BCUT2D eigenvalue weighted by molar-refractivity contribution is 7.98. The predicted octanol–water partition coefficient (Wildman–Crippen LogP) is -21.4. The van der Waals surface area contributed by atoms with E-state index < -0.39 is 38.1 Å². The molecule has 1 amide bonds. The minimum absolute atomic E-state index is 0.149. The molecule has 0 saturated carbocycles. The van der Waals surface area contributed by atoms with Crippen LogP contribution in [0.1, 0.15) is 41.8 Å². The minimum atomic E-state index is -4.49. The summed E-state index contributed by atoms with van der Waals surface area (Å²) < 4.78 is 59.7. The number of carbonyl (C=O) groups excluding carboxylic acids is 1. The van der Waals surface area contributed by atoms with E-state index in [2.05, 4.69) is 149 Å². The van der Waals surface area contributed by atoms with Crippen molar-refractivity contribution in [2.24, 2.45) is 0 Å². The van der Waals surface area contributed by atoms with Crippen LogP contribution in [0, 0.1) is 5.82 Å². The Bertz CT molecular complexity index is 2730. The van der Waals surface area contributed by atoms with Crippen molar-refractivity contribution in [3.8, 4) is 11.1 Å². The average Bonchev–Trinajstić information content (AvgIpc) is 3.30. The molecule has 0 spiro atoms. The van der Waals surface area contributed by atoms with E-state index in [1.54, 1.807) is 43.5 Å². The van der Waals surface area contributed by atoms with Crippen LogP contribution < -0.4 is 49.3 Å². The van der Waals surface area contributed by atoms with Crippen molar-refractivity contribution in [3.05, 3.63) is 68.4 Å². The zero-order valence-corrected chi connectivity index (χ0v) is 47.3. The third kappa shape index (κ3) is 9.63. The van der Waals surface area contributed by atoms with Crippen LogP contribution in [0.3, 0.4) is 0 Å². The summed E-state index contributed by atoms with van der Waals surface area (Å²) in [4.78, 5) is 40.4. The Balaban J connectivity index is 1.85. The topological polar surface area (TPSA) is 58.4 Å². The molecule has 33 heteroatoms. The SMILES string of the molecule is Bc1c(B)c(C(F)(F)F)c(B)c(B)c1-c1c(B)c(B)c(C(B)(B)N(CCN(C(B)(B)C)C(B)(B)C)C(=O)C(B)(B)n2c(SCc3ccc(F)cc3)nc(=O)c3c2C(B)(B)C(B)(B)C3(B)B)c(B)c1B. The molecular weight excluding hydrogens is 866 g/mol. The minimum Gasteiger partial charge on any atom is -0.347 e. The highest BCUT2D eigenvalue weighted by atomic mass is 32.2. The maximum atomic E-state index is 16.6. The van der Waals surface area contributed by atoms with E-state index in [9.17, 15) is 22.4 Å². The maximum Gasteiger partial charge on any atom is 0.415 e. The van der Waals surface area contributed by atoms with Crippen LogP contribution in [-0.4, -0.2) is 222 Å². The lowest BCUT2D eigenvalue weighted by atomic mass is 9.20. The van der Waals surface area contributed by atoms with Gasteiger partial charge in [0.2, 0.25) is 5.91 Å². The van der Waals surface area contributed by atoms with Gasteiger partial charge in [0.05, 0.1) is 21.0 Å². The summed E-state index contributed by atoms with van der Waals surface area (Å²) in [5, 5.41) is -4.00. The predicted molar refractivity (Wildman–Crippen MR) is 347 cm³/mol. The lowest BCUT2D eigenvalue weighted by Gasteiger charge is -2.51. The van der Waals surface area contributed by atoms with Crippen LogP contribution in [0.15, 0.2) is 34.2 Å². The Labute approximate surface area is 433 Å². The molecule has 3 aromatic carbocycles. The normalized spacial score (nSPS) is 15.8. The van der Waals surface area contributed by atoms with Crippen LogP contribution in [0.5, 0.6) is 0 Å². The third-order valence-corrected chi connectivity index (χ3v) is 18.3. The molecule has 0 atom stereocenters. The number of hydrogen-bond donors (Lipinski definition) is 0. The number of nitrogens with zero attached hydrogens (tertiary/aromatic N) is 4. The molecule has 0 aliphatic heterocycles. The molecule has 1 aromatic heterocycles. The fourth-order valence-electron chi connectivity index (χ4n) is 12.2. The molecule has 0 unspecified atom stereocenters. The van der Waals surface area contributed by atoms with E-state index in [1.807, 2.05) is 20.6 Å². The van der Waals surface area contributed by atoms with E-state index in [4.69, 9.17) is 4.98 Å². The molecule has 0 fully saturated rings. The summed E-state index contributed by atoms with van der Waals surface area (Å²) in [6.07, 6.45) is -4.49. The Morgan fingerprint density at radius 1 is 0.667 bits per heavy atom. The summed E-state index contributed by atoms with van der Waals surface area (Å²) >= 11 is 1.37. The van der Waals surface area contributed by atoms with Gasteiger partial charge in [0, 0.05) is 41.0 Å². The van der Waals surface area contributed by atoms with Gasteiger partial charge >= 0.3 is 6.18 Å². The van der Waals surface area contributed by atoms with Crippen molar-refractivity contribution in [2.75, 3.05) is 13.1 Å². The van der Waals surface area contributed by atoms with Gasteiger partial charge in [-0.05, 0) is 39.5 Å². The standard InChI is InChI=1S/C36H60B22F4N4O2S/c1-29(45,46)65(30(2,47)48)8-7-64(33(53,54)14-21(41)17(37)12(18(38)22(14)42)13-19(39)23(43)15(35(60,61)62)24(44)20(13)40)27(68)34(55,56)66-25-16(31(49,50)36(57,58)32(25,51)52)26(67)63-28(66)69-9-10-3-5-11(59)6-4-10/h3-6H,7-9,37-58H2,1-2H3. The van der Waals surface area contributed by atoms with Crippen LogP contribution in [0.25, 0.3) is 11.1 Å². The second-order valence-corrected chi connectivity index (χ2v) is 25.6. The molecule has 0 N–H and O–H groups in total. The fraction of sp³-hybridized carbons (Fsp3) is 0.361. The monoisotopic (exact) mass is 931 g/mol. The number of amides is 1. The molecule has 336 valence electrons. The first-order chi connectivity index (χ1) is 31.0. The summed E-state index contributed by atoms with van der Waals surface area (Å²) in [7, 11) is 44.8. The van der Waals surface area contributed by atoms with Gasteiger partial charge in [-0.25, -0.2) is 4.39 Å². The molecule has 1 aliphatic carbocycles. The number of thioether (sulfide) groups is 1. The number of hydrogen-bond acceptors (Lipinski definition) is 5. The fourth-order valence-corrected chi connectivity index (χ4v) is 13.3. The van der Waals surface area contributed by atoms with E-state index >= 15 is 4.79 Å². The van der Waals surface area contributed by atoms with Gasteiger partial charge in [-0.3, -0.25) is 9.59 Å². The molecule has 69 heavy (non-hydrogen) atoms. The molecular formula is C36H60B22F4N4O2S. The van der Waals surface area contributed by atoms with Crippen LogP contribution in [0.4, 0.5) is 17.6 Å². The van der Waals surface area contributed by atoms with E-state index in [0.717, 1.165) is 49.8 Å². The van der Waals surface area contributed by atoms with Crippen molar-refractivity contribution in [1.82, 2.24) is 19.4 Å². The summed E-state index contributed by atoms with van der Waals surface area (Å²) in [5.41, 5.74) is 9.62. The quantitative estimate of drug-likeness (QED) is 0.0579. The van der Waals surface area contributed by atoms with E-state index in [1.165, 1.54) is 23.9 Å². The summed E-state index contributed by atoms with van der Waals surface area (Å²) in [6, 6.07) is 6.31. The molecule has 4 aromatic rings. The van der Waals surface area contributed by atoms with Crippen molar-refractivity contribution < 1.29 is 22.4 Å². The van der Waals surface area contributed by atoms with Gasteiger partial charge in [-0.15, -0.1) is 0 Å². The second-order valence-electron chi connectivity index (χ2n) is 24.6. The number of halogens is 4. The average molecular weight is 927 g/mol. The Hall–Kier alpha value is -2.53. The molecule has 1 heterocycles. The van der Waals surface area contributed by atoms with Crippen molar-refractivity contribution in [1.29, 1.82) is 0 Å². The molecule has 0 bridgehead atoms. The Kier molecular flexibility index (Phi) is 15.6. The molecule has 5 rings (SSSR count). The van der Waals surface area contributed by atoms with Gasteiger partial charge in [-0.2, -0.15) is 18.2 Å². The van der Waals surface area contributed by atoms with Crippen molar-refractivity contribution in [2.45, 2.75) is 67.9 Å². The van der Waals surface area contributed by atoms with Crippen molar-refractivity contribution >= 4 is 234 Å². The smallest absolute Gasteiger partial charge is 0.347 e. The first kappa shape index (κ1) is 57.4. The molecule has 1 aliphatic rings. The largest absolute Gasteiger partial charge is 0.415 e. The molecule has 0 saturated heterocycles. The Morgan fingerprint density at radius 2 is 1.09 bits per heavy atom. The zero-order valence-electron chi connectivity index (χ0n) is 46.5. The van der Waals surface area contributed by atoms with Crippen LogP contribution in [0.2, 0.25) is 5.21 Å². The van der Waals surface area contributed by atoms with Crippen LogP contribution >= 0.6 is 11.8 Å². The number of benzene rings is 3. The van der Waals surface area contributed by atoms with Gasteiger partial charge < -0.3 is 14.4 Å². The summed E-state index contributed by atoms with van der Waals surface area (Å²) in [5.74, 6) is -0.0949. The molecule has 6 nitrogen and oxygen atoms in total. The van der Waals surface area contributed by atoms with E-state index in [0.29, 0.717) is 40.5 Å². The second kappa shape index (κ2) is 18.7. The summed E-state index contributed by atoms with van der Waals surface area (Å²) in [6.45, 7) is 5.29. The molecule has 0 radical (unpaired) electrons. The van der Waals surface area contributed by atoms with Gasteiger partial charge in [0.1, 0.15) is 163 Å². The van der Waals surface area contributed by atoms with E-state index in [-0.39, 0.29) is 38.9 Å². The number of rotatable bonds is 13.